The van der Waals surface area contributed by atoms with Gasteiger partial charge in [-0.3, -0.25) is 4.79 Å². The first-order valence-corrected chi connectivity index (χ1v) is 9.33. The number of hydrogen-bond donors (Lipinski definition) is 4. The number of carbonyl (C=O) groups excluding carboxylic acids is 1. The highest BCUT2D eigenvalue weighted by atomic mass is 19.4. The normalized spacial score (nSPS) is 14.8. The van der Waals surface area contributed by atoms with Crippen LogP contribution < -0.4 is 16.5 Å². The number of carbonyl (C=O) groups is 1. The van der Waals surface area contributed by atoms with Crippen LogP contribution in [0.4, 0.5) is 84.7 Å². The lowest BCUT2D eigenvalue weighted by Crippen LogP contribution is -2.62. The summed E-state index contributed by atoms with van der Waals surface area (Å²) in [4.78, 5) is 11.5. The zero-order valence-corrected chi connectivity index (χ0v) is 18.1. The Bertz CT molecular complexity index is 1120. The number of alkyl halides is 18. The molecule has 5 nitrogen and oxygen atoms in total. The van der Waals surface area contributed by atoms with Crippen LogP contribution in [-0.4, -0.2) is 65.7 Å². The SMILES string of the molecule is NCC(=O)Nc1cc(B(O)O)cc(C(F)(F)C(F)(F)C(F)(F)C(F)(F)F)c1C(F)(F)C(F)(F)C(F)(F)C(F)(F)F. The minimum Gasteiger partial charge on any atom is -0.423 e. The van der Waals surface area contributed by atoms with E-state index in [0.717, 1.165) is 5.32 Å². The predicted molar refractivity (Wildman–Crippen MR) is 93.6 cm³/mol. The van der Waals surface area contributed by atoms with Crippen LogP contribution in [0.25, 0.3) is 0 Å². The van der Waals surface area contributed by atoms with Gasteiger partial charge in [0.05, 0.1) is 17.8 Å². The van der Waals surface area contributed by atoms with Gasteiger partial charge in [0.15, 0.2) is 0 Å². The molecular weight excluding hydrogens is 621 g/mol. The van der Waals surface area contributed by atoms with Gasteiger partial charge in [0.1, 0.15) is 0 Å². The molecule has 0 heterocycles. The highest BCUT2D eigenvalue weighted by Crippen LogP contribution is 2.62. The Morgan fingerprint density at radius 1 is 0.675 bits per heavy atom. The molecule has 1 amide bonds. The molecule has 0 saturated heterocycles. The number of nitrogens with two attached hydrogens (primary N) is 1. The monoisotopic (exact) mass is 630 g/mol. The summed E-state index contributed by atoms with van der Waals surface area (Å²) >= 11 is 0. The van der Waals surface area contributed by atoms with Gasteiger partial charge in [0.25, 0.3) is 0 Å². The van der Waals surface area contributed by atoms with Gasteiger partial charge in [-0.1, -0.05) is 6.07 Å². The maximum Gasteiger partial charge on any atom is 0.488 e. The number of hydrogen-bond acceptors (Lipinski definition) is 4. The molecule has 0 atom stereocenters. The minimum atomic E-state index is -8.05. The molecule has 24 heteroatoms. The standard InChI is InChI=1S/C16H9BF18N2O3/c18-9(19,11(22,23)13(26,27)15(30,31)32)5-1-4(17(39)40)2-6(37-7(38)3-36)8(5)10(20,21)12(24,25)14(28,29)16(33,34)35/h1-2,39-40H,3,36H2,(H,37,38). The molecule has 1 aromatic carbocycles. The van der Waals surface area contributed by atoms with Crippen molar-refractivity contribution in [2.24, 2.45) is 5.73 Å². The third-order valence-corrected chi connectivity index (χ3v) is 4.86. The summed E-state index contributed by atoms with van der Waals surface area (Å²) in [5.74, 6) is -49.3. The zero-order valence-electron chi connectivity index (χ0n) is 18.1. The van der Waals surface area contributed by atoms with Crippen LogP contribution >= 0.6 is 0 Å². The second-order valence-electron chi connectivity index (χ2n) is 7.56. The summed E-state index contributed by atoms with van der Waals surface area (Å²) in [7, 11) is -3.43. The fourth-order valence-corrected chi connectivity index (χ4v) is 2.78. The lowest BCUT2D eigenvalue weighted by Gasteiger charge is -2.38. The minimum absolute atomic E-state index is 0.608. The first-order chi connectivity index (χ1) is 17.4. The molecule has 0 bridgehead atoms. The Balaban J connectivity index is 4.47. The lowest BCUT2D eigenvalue weighted by molar-refractivity contribution is -0.404. The largest absolute Gasteiger partial charge is 0.488 e. The first kappa shape index (κ1) is 35.4. The number of benzene rings is 1. The number of rotatable bonds is 9. The van der Waals surface area contributed by atoms with E-state index < -0.39 is 102 Å². The Morgan fingerprint density at radius 2 is 1.05 bits per heavy atom. The summed E-state index contributed by atoms with van der Waals surface area (Å²) in [5, 5.41) is 18.9. The molecule has 0 spiro atoms. The maximum absolute atomic E-state index is 14.8. The molecule has 5 N–H and O–H groups in total. The van der Waals surface area contributed by atoms with Gasteiger partial charge in [-0.25, -0.2) is 0 Å². The van der Waals surface area contributed by atoms with Gasteiger partial charge in [-0.2, -0.15) is 79.0 Å². The topological polar surface area (TPSA) is 95.6 Å². The molecule has 40 heavy (non-hydrogen) atoms. The van der Waals surface area contributed by atoms with Crippen molar-refractivity contribution in [1.82, 2.24) is 0 Å². The Labute approximate surface area is 208 Å². The third-order valence-electron chi connectivity index (χ3n) is 4.86. The van der Waals surface area contributed by atoms with Gasteiger partial charge >= 0.3 is 55.0 Å². The molecule has 1 rings (SSSR count). The van der Waals surface area contributed by atoms with E-state index in [2.05, 4.69) is 5.73 Å². The maximum atomic E-state index is 14.8. The van der Waals surface area contributed by atoms with Crippen molar-refractivity contribution in [3.8, 4) is 0 Å². The highest BCUT2D eigenvalue weighted by molar-refractivity contribution is 6.58. The van der Waals surface area contributed by atoms with Crippen LogP contribution in [0.3, 0.4) is 0 Å². The third kappa shape index (κ3) is 5.23. The van der Waals surface area contributed by atoms with Crippen molar-refractivity contribution < 1.29 is 93.9 Å². The smallest absolute Gasteiger partial charge is 0.423 e. The number of anilines is 1. The van der Waals surface area contributed by atoms with Crippen LogP contribution in [0, 0.1) is 0 Å². The quantitative estimate of drug-likeness (QED) is 0.244. The number of halogens is 18. The predicted octanol–water partition coefficient (Wildman–Crippen LogP) is 4.11. The van der Waals surface area contributed by atoms with Crippen molar-refractivity contribution >= 4 is 24.2 Å². The number of amides is 1. The molecule has 0 radical (unpaired) electrons. The molecule has 0 aliphatic carbocycles. The Kier molecular flexibility index (Phi) is 8.87. The molecule has 0 aliphatic rings. The van der Waals surface area contributed by atoms with Crippen molar-refractivity contribution in [2.45, 2.75) is 47.9 Å². The van der Waals surface area contributed by atoms with Crippen LogP contribution in [0.5, 0.6) is 0 Å². The molecule has 0 unspecified atom stereocenters. The molecule has 0 fully saturated rings. The van der Waals surface area contributed by atoms with Crippen molar-refractivity contribution in [3.05, 3.63) is 23.3 Å². The second kappa shape index (κ2) is 10.0. The average Bonchev–Trinajstić information content (AvgIpc) is 2.75. The molecule has 0 aromatic heterocycles. The van der Waals surface area contributed by atoms with Crippen LogP contribution in [-0.2, 0) is 16.6 Å². The lowest BCUT2D eigenvalue weighted by atomic mass is 9.75. The fourth-order valence-electron chi connectivity index (χ4n) is 2.78. The number of nitrogens with one attached hydrogen (secondary N) is 1. The molecule has 0 aliphatic heterocycles. The Hall–Kier alpha value is -2.63. The molecule has 230 valence electrons. The summed E-state index contributed by atoms with van der Waals surface area (Å²) in [5.41, 5.74) is -7.93. The van der Waals surface area contributed by atoms with Crippen molar-refractivity contribution in [3.63, 3.8) is 0 Å². The van der Waals surface area contributed by atoms with Crippen LogP contribution in [0.2, 0.25) is 0 Å². The van der Waals surface area contributed by atoms with Crippen molar-refractivity contribution in [2.75, 3.05) is 11.9 Å². The van der Waals surface area contributed by atoms with E-state index in [4.69, 9.17) is 10.0 Å². The molecule has 0 saturated carbocycles. The van der Waals surface area contributed by atoms with Crippen LogP contribution in [0.15, 0.2) is 12.1 Å². The van der Waals surface area contributed by atoms with E-state index in [0.29, 0.717) is 0 Å². The Morgan fingerprint density at radius 3 is 1.38 bits per heavy atom. The van der Waals surface area contributed by atoms with E-state index in [9.17, 15) is 83.8 Å². The first-order valence-electron chi connectivity index (χ1n) is 9.33. The van der Waals surface area contributed by atoms with Gasteiger partial charge in [0.2, 0.25) is 5.91 Å². The summed E-state index contributed by atoms with van der Waals surface area (Å²) < 4.78 is 244. The average molecular weight is 630 g/mol. The van der Waals surface area contributed by atoms with Crippen LogP contribution in [0.1, 0.15) is 11.1 Å². The zero-order chi connectivity index (χ0) is 32.3. The second-order valence-corrected chi connectivity index (χ2v) is 7.56. The van der Waals surface area contributed by atoms with E-state index >= 15 is 0 Å². The summed E-state index contributed by atoms with van der Waals surface area (Å²) in [6.45, 7) is -1.53. The van der Waals surface area contributed by atoms with E-state index in [1.165, 1.54) is 0 Å². The summed E-state index contributed by atoms with van der Waals surface area (Å²) in [6.07, 6.45) is -15.4. The summed E-state index contributed by atoms with van der Waals surface area (Å²) in [6, 6.07) is -1.92. The molecular formula is C16H9BF18N2O3. The van der Waals surface area contributed by atoms with E-state index in [-0.39, 0.29) is 0 Å². The van der Waals surface area contributed by atoms with Gasteiger partial charge in [-0.15, -0.1) is 0 Å². The van der Waals surface area contributed by atoms with Gasteiger partial charge < -0.3 is 21.1 Å². The van der Waals surface area contributed by atoms with Crippen molar-refractivity contribution in [1.29, 1.82) is 0 Å². The van der Waals surface area contributed by atoms with E-state index in [1.807, 2.05) is 0 Å². The molecule has 1 aromatic rings. The highest BCUT2D eigenvalue weighted by Gasteiger charge is 2.85. The van der Waals surface area contributed by atoms with Gasteiger partial charge in [-0.05, 0) is 11.5 Å². The fraction of sp³-hybridized carbons (Fsp3) is 0.562. The van der Waals surface area contributed by atoms with E-state index in [1.54, 1.807) is 0 Å². The van der Waals surface area contributed by atoms with Gasteiger partial charge in [0, 0.05) is 5.56 Å².